The first-order chi connectivity index (χ1) is 8.50. The molecule has 0 amide bonds. The summed E-state index contributed by atoms with van der Waals surface area (Å²) in [5.41, 5.74) is 0.542. The van der Waals surface area contributed by atoms with Crippen LogP contribution in [0.2, 0.25) is 0 Å². The van der Waals surface area contributed by atoms with Crippen molar-refractivity contribution in [2.75, 3.05) is 20.2 Å². The van der Waals surface area contributed by atoms with Crippen LogP contribution in [-0.2, 0) is 0 Å². The molecule has 0 aliphatic heterocycles. The molecule has 2 rings (SSSR count). The van der Waals surface area contributed by atoms with Crippen molar-refractivity contribution < 1.29 is 5.11 Å². The Balaban J connectivity index is 1.74. The summed E-state index contributed by atoms with van der Waals surface area (Å²) in [7, 11) is 2.22. The summed E-state index contributed by atoms with van der Waals surface area (Å²) in [6, 6.07) is 1.66. The van der Waals surface area contributed by atoms with Gasteiger partial charge in [-0.05, 0) is 51.0 Å². The Morgan fingerprint density at radius 1 is 1.22 bits per heavy atom. The van der Waals surface area contributed by atoms with Crippen molar-refractivity contribution in [3.8, 4) is 0 Å². The number of aliphatic hydroxyl groups is 1. The molecule has 0 radical (unpaired) electrons. The smallest absolute Gasteiger partial charge is 0.0597 e. The summed E-state index contributed by atoms with van der Waals surface area (Å²) >= 11 is 0. The molecule has 0 heterocycles. The van der Waals surface area contributed by atoms with E-state index in [0.29, 0.717) is 17.5 Å². The molecular weight excluding hydrogens is 224 g/mol. The van der Waals surface area contributed by atoms with E-state index in [0.717, 1.165) is 6.54 Å². The molecule has 2 saturated carbocycles. The molecule has 0 aromatic rings. The molecule has 106 valence electrons. The van der Waals surface area contributed by atoms with Crippen molar-refractivity contribution in [1.29, 1.82) is 0 Å². The quantitative estimate of drug-likeness (QED) is 0.761. The number of rotatable bonds is 6. The van der Waals surface area contributed by atoms with Crippen molar-refractivity contribution >= 4 is 0 Å². The van der Waals surface area contributed by atoms with Gasteiger partial charge in [0.05, 0.1) is 6.61 Å². The van der Waals surface area contributed by atoms with Gasteiger partial charge in [0.15, 0.2) is 0 Å². The zero-order valence-electron chi connectivity index (χ0n) is 12.3. The molecular formula is C15H30N2O. The number of aliphatic hydroxyl groups excluding tert-OH is 1. The fourth-order valence-electron chi connectivity index (χ4n) is 3.07. The van der Waals surface area contributed by atoms with E-state index in [4.69, 9.17) is 0 Å². The maximum absolute atomic E-state index is 9.44. The van der Waals surface area contributed by atoms with Gasteiger partial charge < -0.3 is 15.3 Å². The first-order valence-corrected chi connectivity index (χ1v) is 7.57. The van der Waals surface area contributed by atoms with Crippen LogP contribution in [0, 0.1) is 5.41 Å². The Bertz CT molecular complexity index is 253. The fourth-order valence-corrected chi connectivity index (χ4v) is 3.07. The minimum absolute atomic E-state index is 0.262. The standard InChI is InChI=1S/C15H30N2O/c1-15(2)8-6-14(7-9-15)17(3)10-13(11-18)16-12-4-5-12/h12-14,16,18H,4-11H2,1-3H3. The van der Waals surface area contributed by atoms with Gasteiger partial charge in [0.2, 0.25) is 0 Å². The molecule has 0 spiro atoms. The Labute approximate surface area is 112 Å². The van der Waals surface area contributed by atoms with Crippen molar-refractivity contribution in [3.63, 3.8) is 0 Å². The molecule has 3 heteroatoms. The van der Waals surface area contributed by atoms with Gasteiger partial charge in [0.25, 0.3) is 0 Å². The maximum Gasteiger partial charge on any atom is 0.0597 e. The van der Waals surface area contributed by atoms with Crippen LogP contribution in [0.15, 0.2) is 0 Å². The topological polar surface area (TPSA) is 35.5 Å². The average Bonchev–Trinajstić information content (AvgIpc) is 3.11. The van der Waals surface area contributed by atoms with E-state index in [2.05, 4.69) is 31.1 Å². The van der Waals surface area contributed by atoms with Gasteiger partial charge in [-0.3, -0.25) is 0 Å². The fraction of sp³-hybridized carbons (Fsp3) is 1.00. The largest absolute Gasteiger partial charge is 0.395 e. The van der Waals surface area contributed by atoms with E-state index in [1.165, 1.54) is 38.5 Å². The molecule has 2 fully saturated rings. The average molecular weight is 254 g/mol. The second kappa shape index (κ2) is 5.89. The normalized spacial score (nSPS) is 26.5. The third-order valence-corrected chi connectivity index (χ3v) is 4.71. The molecule has 3 nitrogen and oxygen atoms in total. The van der Waals surface area contributed by atoms with Gasteiger partial charge in [0.1, 0.15) is 0 Å². The minimum atomic E-state index is 0.262. The van der Waals surface area contributed by atoms with Crippen LogP contribution in [-0.4, -0.2) is 48.3 Å². The summed E-state index contributed by atoms with van der Waals surface area (Å²) in [4.78, 5) is 2.46. The minimum Gasteiger partial charge on any atom is -0.395 e. The van der Waals surface area contributed by atoms with E-state index in [1.54, 1.807) is 0 Å². The lowest BCUT2D eigenvalue weighted by molar-refractivity contribution is 0.107. The number of nitrogens with zero attached hydrogens (tertiary/aromatic N) is 1. The first kappa shape index (κ1) is 14.3. The number of hydrogen-bond acceptors (Lipinski definition) is 3. The summed E-state index contributed by atoms with van der Waals surface area (Å²) in [6.45, 7) is 6.01. The van der Waals surface area contributed by atoms with Crippen LogP contribution < -0.4 is 5.32 Å². The Hall–Kier alpha value is -0.120. The monoisotopic (exact) mass is 254 g/mol. The van der Waals surface area contributed by atoms with Crippen molar-refractivity contribution in [2.45, 2.75) is 70.5 Å². The third kappa shape index (κ3) is 4.22. The van der Waals surface area contributed by atoms with Crippen LogP contribution >= 0.6 is 0 Å². The van der Waals surface area contributed by atoms with Crippen LogP contribution in [0.5, 0.6) is 0 Å². The van der Waals surface area contributed by atoms with Crippen LogP contribution in [0.1, 0.15) is 52.4 Å². The van der Waals surface area contributed by atoms with Crippen LogP contribution in [0.3, 0.4) is 0 Å². The molecule has 2 aliphatic rings. The highest BCUT2D eigenvalue weighted by molar-refractivity contribution is 4.88. The maximum atomic E-state index is 9.44. The highest BCUT2D eigenvalue weighted by Crippen LogP contribution is 2.36. The summed E-state index contributed by atoms with van der Waals surface area (Å²) < 4.78 is 0. The van der Waals surface area contributed by atoms with Crippen LogP contribution in [0.4, 0.5) is 0 Å². The molecule has 0 aromatic heterocycles. The predicted molar refractivity (Wildman–Crippen MR) is 75.7 cm³/mol. The lowest BCUT2D eigenvalue weighted by Crippen LogP contribution is -2.47. The second-order valence-electron chi connectivity index (χ2n) is 7.16. The number of likely N-dealkylation sites (N-methyl/N-ethyl adjacent to an activating group) is 1. The Morgan fingerprint density at radius 3 is 2.33 bits per heavy atom. The number of hydrogen-bond donors (Lipinski definition) is 2. The van der Waals surface area contributed by atoms with E-state index in [-0.39, 0.29) is 12.6 Å². The van der Waals surface area contributed by atoms with E-state index < -0.39 is 0 Å². The predicted octanol–water partition coefficient (Wildman–Crippen LogP) is 2.00. The zero-order chi connectivity index (χ0) is 13.2. The third-order valence-electron chi connectivity index (χ3n) is 4.71. The van der Waals surface area contributed by atoms with Gasteiger partial charge in [-0.15, -0.1) is 0 Å². The summed E-state index contributed by atoms with van der Waals surface area (Å²) in [5.74, 6) is 0. The van der Waals surface area contributed by atoms with E-state index in [1.807, 2.05) is 0 Å². The van der Waals surface area contributed by atoms with E-state index in [9.17, 15) is 5.11 Å². The second-order valence-corrected chi connectivity index (χ2v) is 7.16. The number of nitrogens with one attached hydrogen (secondary N) is 1. The highest BCUT2D eigenvalue weighted by Gasteiger charge is 2.30. The SMILES string of the molecule is CN(CC(CO)NC1CC1)C1CCC(C)(C)CC1. The molecule has 0 bridgehead atoms. The molecule has 0 saturated heterocycles. The van der Waals surface area contributed by atoms with Crippen molar-refractivity contribution in [1.82, 2.24) is 10.2 Å². The molecule has 2 aliphatic carbocycles. The summed E-state index contributed by atoms with van der Waals surface area (Å²) in [5, 5.41) is 13.0. The molecule has 1 unspecified atom stereocenters. The lowest BCUT2D eigenvalue weighted by Gasteiger charge is -2.39. The van der Waals surface area contributed by atoms with Gasteiger partial charge in [-0.25, -0.2) is 0 Å². The molecule has 18 heavy (non-hydrogen) atoms. The first-order valence-electron chi connectivity index (χ1n) is 7.57. The van der Waals surface area contributed by atoms with Crippen molar-refractivity contribution in [3.05, 3.63) is 0 Å². The van der Waals surface area contributed by atoms with Gasteiger partial charge in [-0.2, -0.15) is 0 Å². The van der Waals surface area contributed by atoms with Gasteiger partial charge >= 0.3 is 0 Å². The lowest BCUT2D eigenvalue weighted by atomic mass is 9.75. The zero-order valence-corrected chi connectivity index (χ0v) is 12.3. The summed E-state index contributed by atoms with van der Waals surface area (Å²) in [6.07, 6.45) is 7.87. The Morgan fingerprint density at radius 2 is 1.83 bits per heavy atom. The van der Waals surface area contributed by atoms with Crippen LogP contribution in [0.25, 0.3) is 0 Å². The molecule has 1 atom stereocenters. The van der Waals surface area contributed by atoms with Crippen molar-refractivity contribution in [2.24, 2.45) is 5.41 Å². The van der Waals surface area contributed by atoms with E-state index >= 15 is 0 Å². The highest BCUT2D eigenvalue weighted by atomic mass is 16.3. The molecule has 0 aromatic carbocycles. The van der Waals surface area contributed by atoms with Gasteiger partial charge in [-0.1, -0.05) is 13.8 Å². The Kier molecular flexibility index (Phi) is 4.68. The molecule has 2 N–H and O–H groups in total. The van der Waals surface area contributed by atoms with Gasteiger partial charge in [0, 0.05) is 24.7 Å².